The number of rotatable bonds is 14. The van der Waals surface area contributed by atoms with E-state index in [-0.39, 0.29) is 13.3 Å². The van der Waals surface area contributed by atoms with Gasteiger partial charge in [-0.25, -0.2) is 4.98 Å². The predicted molar refractivity (Wildman–Crippen MR) is 149 cm³/mol. The molecule has 0 fully saturated rings. The number of benzene rings is 1. The maximum atomic E-state index is 12.4. The first-order valence-corrected chi connectivity index (χ1v) is 12.2. The first-order valence-electron chi connectivity index (χ1n) is 12.2. The minimum Gasteiger partial charge on any atom is -0.372 e. The number of amides is 1. The van der Waals surface area contributed by atoms with Crippen LogP contribution in [0.5, 0.6) is 0 Å². The molecule has 36 heavy (non-hydrogen) atoms. The van der Waals surface area contributed by atoms with Crippen LogP contribution in [0.2, 0.25) is 0 Å². The predicted octanol–water partition coefficient (Wildman–Crippen LogP) is 5.06. The third kappa shape index (κ3) is 7.64. The highest BCUT2D eigenvalue weighted by molar-refractivity contribution is 5.94. The number of unbranched alkanes of at least 4 members (excludes halogenated alkanes) is 3. The van der Waals surface area contributed by atoms with Gasteiger partial charge in [-0.15, -0.1) is 0 Å². The Bertz CT molecular complexity index is 1110. The molecule has 0 aliphatic carbocycles. The molecule has 1 aromatic carbocycles. The van der Waals surface area contributed by atoms with Gasteiger partial charge in [0.25, 0.3) is 5.91 Å². The van der Waals surface area contributed by atoms with Crippen LogP contribution in [0, 0.1) is 0 Å². The van der Waals surface area contributed by atoms with Crippen molar-refractivity contribution in [2.24, 2.45) is 5.73 Å². The van der Waals surface area contributed by atoms with Crippen LogP contribution in [0.15, 0.2) is 43.2 Å². The lowest BCUT2D eigenvalue weighted by molar-refractivity contribution is 0.0953. The highest BCUT2D eigenvalue weighted by Gasteiger charge is 2.15. The number of nitrogens with one attached hydrogen (secondary N) is 3. The second-order valence-corrected chi connectivity index (χ2v) is 8.27. The van der Waals surface area contributed by atoms with Gasteiger partial charge in [-0.2, -0.15) is 10.1 Å². The molecule has 0 radical (unpaired) electrons. The molecule has 9 heteroatoms. The Labute approximate surface area is 214 Å². The maximum Gasteiger partial charge on any atom is 0.251 e. The number of nitrogens with two attached hydrogens (primary N) is 1. The third-order valence-electron chi connectivity index (χ3n) is 5.57. The summed E-state index contributed by atoms with van der Waals surface area (Å²) in [7, 11) is 1.81. The zero-order valence-corrected chi connectivity index (χ0v) is 20.7. The summed E-state index contributed by atoms with van der Waals surface area (Å²) in [6.45, 7) is 8.27. The van der Waals surface area contributed by atoms with Crippen molar-refractivity contribution in [3.8, 4) is 11.3 Å². The fourth-order valence-electron chi connectivity index (χ4n) is 3.73. The Morgan fingerprint density at radius 1 is 1.14 bits per heavy atom. The van der Waals surface area contributed by atoms with Gasteiger partial charge in [0, 0.05) is 48.7 Å². The lowest BCUT2D eigenvalue weighted by Crippen LogP contribution is -2.24. The summed E-state index contributed by atoms with van der Waals surface area (Å²) >= 11 is 0. The van der Waals surface area contributed by atoms with Crippen molar-refractivity contribution in [2.45, 2.75) is 53.0 Å². The lowest BCUT2D eigenvalue weighted by Gasteiger charge is -2.13. The number of aromatic nitrogens is 4. The summed E-state index contributed by atoms with van der Waals surface area (Å²) in [6, 6.07) is 7.27. The van der Waals surface area contributed by atoms with E-state index < -0.39 is 0 Å². The van der Waals surface area contributed by atoms with E-state index in [1.807, 2.05) is 30.1 Å². The average Bonchev–Trinajstić information content (AvgIpc) is 3.34. The van der Waals surface area contributed by atoms with Gasteiger partial charge >= 0.3 is 0 Å². The standard InChI is InChI=1S/C26H36N8O.CH4/c1-4-16-34-18-20(17-30-34)23-22(5-2)24(28-3)33-26(32-23)31-21-12-10-19(11-13-21)25(35)29-15-9-7-6-8-14-27;/h5,10-13,17-18H,2,4,6-9,14-16,27H2,1,3H3,(H,29,35)(H2,28,31,32,33);1H4. The van der Waals surface area contributed by atoms with Gasteiger partial charge in [0.1, 0.15) is 5.82 Å². The summed E-state index contributed by atoms with van der Waals surface area (Å²) < 4.78 is 1.90. The van der Waals surface area contributed by atoms with Gasteiger partial charge in [0.2, 0.25) is 5.95 Å². The van der Waals surface area contributed by atoms with Gasteiger partial charge in [0.05, 0.1) is 11.9 Å². The summed E-state index contributed by atoms with van der Waals surface area (Å²) in [5, 5.41) is 13.8. The molecule has 3 rings (SSSR count). The SMILES string of the molecule is C.C=Cc1c(NC)nc(Nc2ccc(C(=O)NCCCCCCN)cc2)nc1-c1cnn(CCC)c1. The number of nitrogens with zero attached hydrogens (tertiary/aromatic N) is 4. The van der Waals surface area contributed by atoms with Gasteiger partial charge < -0.3 is 21.7 Å². The zero-order valence-electron chi connectivity index (χ0n) is 20.7. The van der Waals surface area contributed by atoms with E-state index in [4.69, 9.17) is 10.7 Å². The molecular weight excluding hydrogens is 452 g/mol. The molecule has 1 amide bonds. The molecule has 3 aromatic rings. The molecule has 0 aliphatic rings. The summed E-state index contributed by atoms with van der Waals surface area (Å²) in [4.78, 5) is 21.7. The van der Waals surface area contributed by atoms with Crippen molar-refractivity contribution in [3.05, 3.63) is 54.4 Å². The number of carbonyl (C=O) groups is 1. The second kappa shape index (κ2) is 14.6. The van der Waals surface area contributed by atoms with Crippen LogP contribution in [0.3, 0.4) is 0 Å². The minimum atomic E-state index is -0.0780. The minimum absolute atomic E-state index is 0. The molecule has 0 bridgehead atoms. The van der Waals surface area contributed by atoms with Crippen LogP contribution in [0.4, 0.5) is 17.5 Å². The van der Waals surface area contributed by atoms with Gasteiger partial charge in [-0.1, -0.05) is 39.8 Å². The van der Waals surface area contributed by atoms with E-state index in [1.54, 1.807) is 24.4 Å². The number of anilines is 3. The van der Waals surface area contributed by atoms with Crippen LogP contribution in [0.1, 0.15) is 62.4 Å². The molecule has 194 valence electrons. The smallest absolute Gasteiger partial charge is 0.251 e. The Morgan fingerprint density at radius 3 is 2.56 bits per heavy atom. The van der Waals surface area contributed by atoms with Gasteiger partial charge in [0.15, 0.2) is 0 Å². The average molecular weight is 493 g/mol. The number of carbonyl (C=O) groups excluding carboxylic acids is 1. The molecule has 0 spiro atoms. The number of aryl methyl sites for hydroxylation is 1. The van der Waals surface area contributed by atoms with Gasteiger partial charge in [-0.05, 0) is 50.1 Å². The topological polar surface area (TPSA) is 123 Å². The first-order chi connectivity index (χ1) is 17.1. The van der Waals surface area contributed by atoms with E-state index in [2.05, 4.69) is 39.5 Å². The van der Waals surface area contributed by atoms with Crippen LogP contribution < -0.4 is 21.7 Å². The molecule has 0 atom stereocenters. The molecule has 2 heterocycles. The van der Waals surface area contributed by atoms with Crippen molar-refractivity contribution in [1.82, 2.24) is 25.1 Å². The monoisotopic (exact) mass is 492 g/mol. The molecule has 5 N–H and O–H groups in total. The first kappa shape index (κ1) is 28.5. The Balaban J connectivity index is 0.00000456. The van der Waals surface area contributed by atoms with Crippen molar-refractivity contribution in [3.63, 3.8) is 0 Å². The van der Waals surface area contributed by atoms with E-state index >= 15 is 0 Å². The zero-order chi connectivity index (χ0) is 25.0. The van der Waals surface area contributed by atoms with Crippen LogP contribution in [-0.2, 0) is 6.54 Å². The molecule has 0 unspecified atom stereocenters. The normalized spacial score (nSPS) is 10.4. The summed E-state index contributed by atoms with van der Waals surface area (Å²) in [6.07, 6.45) is 10.7. The lowest BCUT2D eigenvalue weighted by atomic mass is 10.1. The van der Waals surface area contributed by atoms with E-state index in [0.29, 0.717) is 23.9 Å². The van der Waals surface area contributed by atoms with Crippen molar-refractivity contribution >= 4 is 29.4 Å². The summed E-state index contributed by atoms with van der Waals surface area (Å²) in [5.74, 6) is 1.02. The fourth-order valence-corrected chi connectivity index (χ4v) is 3.73. The van der Waals surface area contributed by atoms with Crippen LogP contribution >= 0.6 is 0 Å². The molecule has 9 nitrogen and oxygen atoms in total. The quantitative estimate of drug-likeness (QED) is 0.232. The van der Waals surface area contributed by atoms with Crippen molar-refractivity contribution in [1.29, 1.82) is 0 Å². The van der Waals surface area contributed by atoms with E-state index in [9.17, 15) is 4.79 Å². The second-order valence-electron chi connectivity index (χ2n) is 8.27. The van der Waals surface area contributed by atoms with Gasteiger partial charge in [-0.3, -0.25) is 9.48 Å². The number of hydrogen-bond donors (Lipinski definition) is 4. The van der Waals surface area contributed by atoms with E-state index in [0.717, 1.165) is 67.7 Å². The Hall–Kier alpha value is -3.72. The van der Waals surface area contributed by atoms with Crippen LogP contribution in [-0.4, -0.2) is 45.8 Å². The molecule has 0 saturated carbocycles. The van der Waals surface area contributed by atoms with Crippen molar-refractivity contribution < 1.29 is 4.79 Å². The highest BCUT2D eigenvalue weighted by atomic mass is 16.1. The highest BCUT2D eigenvalue weighted by Crippen LogP contribution is 2.29. The fraction of sp³-hybridized carbons (Fsp3) is 0.407. The number of hydrogen-bond acceptors (Lipinski definition) is 7. The van der Waals surface area contributed by atoms with E-state index in [1.165, 1.54) is 0 Å². The Kier molecular flexibility index (Phi) is 11.6. The van der Waals surface area contributed by atoms with Crippen LogP contribution in [0.25, 0.3) is 17.3 Å². The summed E-state index contributed by atoms with van der Waals surface area (Å²) in [5.41, 5.74) is 9.35. The molecule has 2 aromatic heterocycles. The van der Waals surface area contributed by atoms with Crippen molar-refractivity contribution in [2.75, 3.05) is 30.8 Å². The Morgan fingerprint density at radius 2 is 1.89 bits per heavy atom. The molecule has 0 saturated heterocycles. The third-order valence-corrected chi connectivity index (χ3v) is 5.57. The largest absolute Gasteiger partial charge is 0.372 e. The molecule has 0 aliphatic heterocycles. The molecular formula is C27H40N8O. The maximum absolute atomic E-state index is 12.4.